The Balaban J connectivity index is 2.00. The number of H-pyrrole nitrogens is 1. The summed E-state index contributed by atoms with van der Waals surface area (Å²) >= 11 is 0. The van der Waals surface area contributed by atoms with Crippen LogP contribution in [0, 0.1) is 11.6 Å². The Morgan fingerprint density at radius 2 is 2.14 bits per heavy atom. The molecule has 2 N–H and O–H groups in total. The van der Waals surface area contributed by atoms with E-state index in [2.05, 4.69) is 15.0 Å². The van der Waals surface area contributed by atoms with Crippen molar-refractivity contribution in [3.8, 4) is 11.6 Å². The first-order valence-corrected chi connectivity index (χ1v) is 5.75. The van der Waals surface area contributed by atoms with Gasteiger partial charge in [0.25, 0.3) is 0 Å². The highest BCUT2D eigenvalue weighted by Gasteiger charge is 2.15. The Labute approximate surface area is 116 Å². The van der Waals surface area contributed by atoms with Crippen molar-refractivity contribution in [2.24, 2.45) is 0 Å². The molecule has 21 heavy (non-hydrogen) atoms. The fraction of sp³-hybridized carbons (Fsp3) is 0. The molecule has 0 aliphatic carbocycles. The van der Waals surface area contributed by atoms with Gasteiger partial charge in [-0.05, 0) is 12.1 Å². The van der Waals surface area contributed by atoms with E-state index in [1.165, 1.54) is 12.4 Å². The zero-order valence-corrected chi connectivity index (χ0v) is 10.3. The van der Waals surface area contributed by atoms with Crippen LogP contribution in [0.25, 0.3) is 11.2 Å². The van der Waals surface area contributed by atoms with E-state index in [0.717, 1.165) is 12.1 Å². The number of hydrogen-bond acceptors (Lipinski definition) is 4. The lowest BCUT2D eigenvalue weighted by Gasteiger charge is -2.05. The van der Waals surface area contributed by atoms with Crippen molar-refractivity contribution in [1.29, 1.82) is 0 Å². The van der Waals surface area contributed by atoms with Crippen molar-refractivity contribution in [3.63, 3.8) is 0 Å². The van der Waals surface area contributed by atoms with Crippen molar-refractivity contribution >= 4 is 17.1 Å². The lowest BCUT2D eigenvalue weighted by atomic mass is 10.3. The maximum absolute atomic E-state index is 13.5. The van der Waals surface area contributed by atoms with Gasteiger partial charge in [0.15, 0.2) is 17.2 Å². The van der Waals surface area contributed by atoms with Gasteiger partial charge in [-0.1, -0.05) is 0 Å². The second-order valence-corrected chi connectivity index (χ2v) is 4.09. The molecule has 0 aliphatic heterocycles. The van der Waals surface area contributed by atoms with Gasteiger partial charge in [0.1, 0.15) is 16.9 Å². The molecule has 0 amide bonds. The van der Waals surface area contributed by atoms with E-state index in [-0.39, 0.29) is 28.4 Å². The number of ether oxygens (including phenoxy) is 1. The second-order valence-electron chi connectivity index (χ2n) is 4.09. The summed E-state index contributed by atoms with van der Waals surface area (Å²) in [5.41, 5.74) is 0.268. The van der Waals surface area contributed by atoms with Gasteiger partial charge < -0.3 is 14.8 Å². The summed E-state index contributed by atoms with van der Waals surface area (Å²) in [4.78, 5) is 21.5. The number of aromatic nitrogens is 3. The number of halogens is 2. The monoisotopic (exact) mass is 291 g/mol. The highest BCUT2D eigenvalue weighted by Crippen LogP contribution is 2.25. The zero-order chi connectivity index (χ0) is 15.0. The Kier molecular flexibility index (Phi) is 2.98. The first kappa shape index (κ1) is 13.0. The molecule has 3 rings (SSSR count). The number of carbonyl (C=O) groups is 1. The Morgan fingerprint density at radius 1 is 1.33 bits per heavy atom. The van der Waals surface area contributed by atoms with Gasteiger partial charge in [-0.2, -0.15) is 0 Å². The molecule has 0 unspecified atom stereocenters. The number of nitrogens with one attached hydrogen (secondary N) is 1. The fourth-order valence-corrected chi connectivity index (χ4v) is 1.76. The number of carboxylic acid groups (broad SMARTS) is 1. The Hall–Kier alpha value is -3.03. The molecule has 0 saturated heterocycles. The molecule has 0 fully saturated rings. The minimum absolute atomic E-state index is 0.0810. The third kappa shape index (κ3) is 2.38. The standard InChI is InChI=1S/C13H7F2N3O3/c14-6-1-2-9(8(15)3-6)21-10-5-17-12-11(18-10)7(4-16-12)13(19)20/h1-5H,(H,16,17)(H,19,20). The summed E-state index contributed by atoms with van der Waals surface area (Å²) in [6.45, 7) is 0. The van der Waals surface area contributed by atoms with E-state index in [1.807, 2.05) is 0 Å². The molecule has 0 atom stereocenters. The van der Waals surface area contributed by atoms with E-state index >= 15 is 0 Å². The summed E-state index contributed by atoms with van der Waals surface area (Å²) in [5.74, 6) is -3.15. The van der Waals surface area contributed by atoms with Crippen LogP contribution in [0.1, 0.15) is 10.4 Å². The van der Waals surface area contributed by atoms with Crippen molar-refractivity contribution in [2.45, 2.75) is 0 Å². The molecule has 6 nitrogen and oxygen atoms in total. The second kappa shape index (κ2) is 4.82. The van der Waals surface area contributed by atoms with E-state index in [1.54, 1.807) is 0 Å². The molecule has 2 aromatic heterocycles. The molecule has 8 heteroatoms. The van der Waals surface area contributed by atoms with Crippen LogP contribution in [-0.4, -0.2) is 26.0 Å². The summed E-state index contributed by atoms with van der Waals surface area (Å²) in [5, 5.41) is 9.00. The van der Waals surface area contributed by atoms with Gasteiger partial charge in [-0.15, -0.1) is 0 Å². The highest BCUT2D eigenvalue weighted by molar-refractivity contribution is 6.00. The van der Waals surface area contributed by atoms with Crippen molar-refractivity contribution in [1.82, 2.24) is 15.0 Å². The average molecular weight is 291 g/mol. The number of nitrogens with zero attached hydrogens (tertiary/aromatic N) is 2. The number of benzene rings is 1. The molecule has 106 valence electrons. The quantitative estimate of drug-likeness (QED) is 0.774. The number of aromatic amines is 1. The first-order valence-electron chi connectivity index (χ1n) is 5.75. The van der Waals surface area contributed by atoms with Crippen LogP contribution in [0.4, 0.5) is 8.78 Å². The third-order valence-corrected chi connectivity index (χ3v) is 2.70. The lowest BCUT2D eigenvalue weighted by Crippen LogP contribution is -1.97. The fourth-order valence-electron chi connectivity index (χ4n) is 1.76. The molecule has 0 bridgehead atoms. The number of aromatic carboxylic acids is 1. The van der Waals surface area contributed by atoms with Gasteiger partial charge in [0.2, 0.25) is 5.88 Å². The highest BCUT2D eigenvalue weighted by atomic mass is 19.1. The Bertz CT molecular complexity index is 848. The molecule has 3 aromatic rings. The van der Waals surface area contributed by atoms with Gasteiger partial charge in [-0.25, -0.2) is 23.5 Å². The molecular formula is C13H7F2N3O3. The normalized spacial score (nSPS) is 10.8. The summed E-state index contributed by atoms with van der Waals surface area (Å²) < 4.78 is 31.4. The van der Waals surface area contributed by atoms with Crippen LogP contribution in [-0.2, 0) is 0 Å². The predicted octanol–water partition coefficient (Wildman–Crippen LogP) is 2.73. The van der Waals surface area contributed by atoms with Gasteiger partial charge in [-0.3, -0.25) is 0 Å². The summed E-state index contributed by atoms with van der Waals surface area (Å²) in [6.07, 6.45) is 2.45. The van der Waals surface area contributed by atoms with Crippen LogP contribution in [0.2, 0.25) is 0 Å². The number of rotatable bonds is 3. The maximum atomic E-state index is 13.5. The summed E-state index contributed by atoms with van der Waals surface area (Å²) in [6, 6.07) is 2.80. The van der Waals surface area contributed by atoms with E-state index in [4.69, 9.17) is 9.84 Å². The van der Waals surface area contributed by atoms with Gasteiger partial charge in [0, 0.05) is 12.3 Å². The van der Waals surface area contributed by atoms with Crippen LogP contribution < -0.4 is 4.74 Å². The van der Waals surface area contributed by atoms with Crippen LogP contribution >= 0.6 is 0 Å². The van der Waals surface area contributed by atoms with E-state index in [0.29, 0.717) is 6.07 Å². The minimum atomic E-state index is -1.18. The minimum Gasteiger partial charge on any atom is -0.478 e. The number of hydrogen-bond donors (Lipinski definition) is 2. The lowest BCUT2D eigenvalue weighted by molar-refractivity contribution is 0.0699. The van der Waals surface area contributed by atoms with Crippen molar-refractivity contribution in [3.05, 3.63) is 47.8 Å². The maximum Gasteiger partial charge on any atom is 0.339 e. The van der Waals surface area contributed by atoms with Crippen LogP contribution in [0.15, 0.2) is 30.6 Å². The molecule has 0 radical (unpaired) electrons. The van der Waals surface area contributed by atoms with Gasteiger partial charge in [0.05, 0.1) is 6.20 Å². The Morgan fingerprint density at radius 3 is 2.86 bits per heavy atom. The molecule has 0 aliphatic rings. The largest absolute Gasteiger partial charge is 0.478 e. The summed E-state index contributed by atoms with van der Waals surface area (Å²) in [7, 11) is 0. The number of carboxylic acids is 1. The van der Waals surface area contributed by atoms with E-state index in [9.17, 15) is 13.6 Å². The smallest absolute Gasteiger partial charge is 0.339 e. The SMILES string of the molecule is O=C(O)c1c[nH]c2ncc(Oc3ccc(F)cc3F)nc12. The molecular weight excluding hydrogens is 284 g/mol. The van der Waals surface area contributed by atoms with Crippen LogP contribution in [0.5, 0.6) is 11.6 Å². The molecule has 2 heterocycles. The molecule has 0 saturated carbocycles. The molecule has 1 aromatic carbocycles. The molecule has 0 spiro atoms. The average Bonchev–Trinajstić information content (AvgIpc) is 2.85. The third-order valence-electron chi connectivity index (χ3n) is 2.70. The number of fused-ring (bicyclic) bond motifs is 1. The zero-order valence-electron chi connectivity index (χ0n) is 10.3. The van der Waals surface area contributed by atoms with Crippen LogP contribution in [0.3, 0.4) is 0 Å². The topological polar surface area (TPSA) is 88.1 Å². The van der Waals surface area contributed by atoms with E-state index < -0.39 is 17.6 Å². The van der Waals surface area contributed by atoms with Crippen molar-refractivity contribution < 1.29 is 23.4 Å². The first-order chi connectivity index (χ1) is 10.0. The predicted molar refractivity (Wildman–Crippen MR) is 67.3 cm³/mol. The van der Waals surface area contributed by atoms with Gasteiger partial charge >= 0.3 is 5.97 Å². The van der Waals surface area contributed by atoms with Crippen molar-refractivity contribution in [2.75, 3.05) is 0 Å².